The van der Waals surface area contributed by atoms with Crippen LogP contribution in [0.5, 0.6) is 0 Å². The number of nitrogens with two attached hydrogens (primary N) is 1. The molecule has 6 atom stereocenters. The molecular weight excluding hydrogens is 196 g/mol. The summed E-state index contributed by atoms with van der Waals surface area (Å²) in [5, 5.41) is 0. The van der Waals surface area contributed by atoms with Crippen LogP contribution in [-0.2, 0) is 0 Å². The molecule has 2 aliphatic rings. The Kier molecular flexibility index (Phi) is 3.60. The topological polar surface area (TPSA) is 29.3 Å². The van der Waals surface area contributed by atoms with E-state index < -0.39 is 0 Å². The summed E-state index contributed by atoms with van der Waals surface area (Å²) in [5.74, 6) is 2.42. The molecule has 16 heavy (non-hydrogen) atoms. The monoisotopic (exact) mass is 224 g/mol. The maximum atomic E-state index is 6.16. The van der Waals surface area contributed by atoms with Gasteiger partial charge in [-0.3, -0.25) is 4.90 Å². The Balaban J connectivity index is 2.04. The van der Waals surface area contributed by atoms with E-state index in [1.807, 2.05) is 0 Å². The van der Waals surface area contributed by atoms with Crippen molar-refractivity contribution in [2.45, 2.75) is 65.1 Å². The minimum absolute atomic E-state index is 0.417. The number of hydrogen-bond acceptors (Lipinski definition) is 2. The molecule has 0 amide bonds. The Bertz CT molecular complexity index is 241. The van der Waals surface area contributed by atoms with E-state index >= 15 is 0 Å². The van der Waals surface area contributed by atoms with Crippen LogP contribution < -0.4 is 5.73 Å². The molecule has 2 rings (SSSR count). The summed E-state index contributed by atoms with van der Waals surface area (Å²) < 4.78 is 0. The van der Waals surface area contributed by atoms with Gasteiger partial charge in [0.05, 0.1) is 0 Å². The highest BCUT2D eigenvalue weighted by Crippen LogP contribution is 2.38. The first-order valence-corrected chi connectivity index (χ1v) is 7.03. The molecule has 2 N–H and O–H groups in total. The molecule has 2 fully saturated rings. The predicted molar refractivity (Wildman–Crippen MR) is 69.3 cm³/mol. The van der Waals surface area contributed by atoms with Crippen LogP contribution in [-0.4, -0.2) is 29.6 Å². The SMILES string of the molecule is CC1CCC(N2CCC(N)C(C)C2C)C1C. The van der Waals surface area contributed by atoms with Gasteiger partial charge in [-0.1, -0.05) is 20.8 Å². The van der Waals surface area contributed by atoms with Gasteiger partial charge in [0.15, 0.2) is 0 Å². The molecule has 1 saturated carbocycles. The van der Waals surface area contributed by atoms with Gasteiger partial charge in [0.2, 0.25) is 0 Å². The van der Waals surface area contributed by atoms with Gasteiger partial charge in [-0.2, -0.15) is 0 Å². The molecule has 1 aliphatic carbocycles. The Labute approximate surface area is 101 Å². The number of rotatable bonds is 1. The number of likely N-dealkylation sites (tertiary alicyclic amines) is 1. The van der Waals surface area contributed by atoms with Crippen molar-refractivity contribution in [1.29, 1.82) is 0 Å². The largest absolute Gasteiger partial charge is 0.327 e. The third kappa shape index (κ3) is 2.02. The third-order valence-electron chi connectivity index (χ3n) is 5.53. The molecule has 0 aromatic carbocycles. The Morgan fingerprint density at radius 1 is 0.938 bits per heavy atom. The lowest BCUT2D eigenvalue weighted by Crippen LogP contribution is -2.55. The molecule has 94 valence electrons. The van der Waals surface area contributed by atoms with E-state index in [4.69, 9.17) is 5.73 Å². The van der Waals surface area contributed by atoms with Crippen LogP contribution in [0.15, 0.2) is 0 Å². The predicted octanol–water partition coefficient (Wildman–Crippen LogP) is 2.48. The molecular formula is C14H28N2. The fourth-order valence-electron chi connectivity index (χ4n) is 3.70. The van der Waals surface area contributed by atoms with Gasteiger partial charge in [-0.15, -0.1) is 0 Å². The van der Waals surface area contributed by atoms with Crippen molar-refractivity contribution in [3.05, 3.63) is 0 Å². The molecule has 2 heteroatoms. The molecule has 1 saturated heterocycles. The molecule has 0 bridgehead atoms. The summed E-state index contributed by atoms with van der Waals surface area (Å²) in [6, 6.07) is 1.90. The van der Waals surface area contributed by atoms with Crippen LogP contribution in [0.3, 0.4) is 0 Å². The summed E-state index contributed by atoms with van der Waals surface area (Å²) >= 11 is 0. The summed E-state index contributed by atoms with van der Waals surface area (Å²) in [5.41, 5.74) is 6.16. The zero-order chi connectivity index (χ0) is 11.9. The Hall–Kier alpha value is -0.0800. The highest BCUT2D eigenvalue weighted by Gasteiger charge is 2.40. The average Bonchev–Trinajstić information content (AvgIpc) is 2.58. The van der Waals surface area contributed by atoms with E-state index in [-0.39, 0.29) is 0 Å². The van der Waals surface area contributed by atoms with Crippen LogP contribution in [0.4, 0.5) is 0 Å². The van der Waals surface area contributed by atoms with Crippen molar-refractivity contribution in [3.8, 4) is 0 Å². The minimum atomic E-state index is 0.417. The molecule has 2 nitrogen and oxygen atoms in total. The van der Waals surface area contributed by atoms with Crippen LogP contribution in [0, 0.1) is 17.8 Å². The highest BCUT2D eigenvalue weighted by molar-refractivity contribution is 4.94. The molecule has 6 unspecified atom stereocenters. The number of nitrogens with zero attached hydrogens (tertiary/aromatic N) is 1. The van der Waals surface area contributed by atoms with Gasteiger partial charge in [0.25, 0.3) is 0 Å². The van der Waals surface area contributed by atoms with Crippen molar-refractivity contribution in [1.82, 2.24) is 4.90 Å². The molecule has 0 aromatic rings. The molecule has 0 radical (unpaired) electrons. The first kappa shape index (κ1) is 12.4. The maximum Gasteiger partial charge on any atom is 0.0126 e. The standard InChI is InChI=1S/C14H28N2/c1-9-5-6-14(10(9)2)16-8-7-13(15)11(3)12(16)4/h9-14H,5-8,15H2,1-4H3. The van der Waals surface area contributed by atoms with E-state index in [2.05, 4.69) is 32.6 Å². The smallest absolute Gasteiger partial charge is 0.0126 e. The number of hydrogen-bond donors (Lipinski definition) is 1. The van der Waals surface area contributed by atoms with Crippen LogP contribution in [0.1, 0.15) is 47.0 Å². The molecule has 0 aromatic heterocycles. The van der Waals surface area contributed by atoms with Crippen molar-refractivity contribution < 1.29 is 0 Å². The lowest BCUT2D eigenvalue weighted by Gasteiger charge is -2.46. The quantitative estimate of drug-likeness (QED) is 0.741. The van der Waals surface area contributed by atoms with E-state index in [1.54, 1.807) is 0 Å². The normalized spacial score (nSPS) is 50.8. The first-order valence-electron chi connectivity index (χ1n) is 7.03. The summed E-state index contributed by atoms with van der Waals surface area (Å²) in [4.78, 5) is 2.75. The molecule has 1 aliphatic heterocycles. The second-order valence-electron chi connectivity index (χ2n) is 6.27. The second-order valence-corrected chi connectivity index (χ2v) is 6.27. The van der Waals surface area contributed by atoms with Gasteiger partial charge in [0, 0.05) is 24.7 Å². The van der Waals surface area contributed by atoms with Crippen LogP contribution in [0.25, 0.3) is 0 Å². The third-order valence-corrected chi connectivity index (χ3v) is 5.53. The van der Waals surface area contributed by atoms with Gasteiger partial charge in [-0.25, -0.2) is 0 Å². The van der Waals surface area contributed by atoms with Crippen molar-refractivity contribution in [3.63, 3.8) is 0 Å². The first-order chi connectivity index (χ1) is 7.52. The highest BCUT2D eigenvalue weighted by atomic mass is 15.2. The van der Waals surface area contributed by atoms with Gasteiger partial charge in [-0.05, 0) is 43.9 Å². The van der Waals surface area contributed by atoms with Gasteiger partial charge in [0.1, 0.15) is 0 Å². The van der Waals surface area contributed by atoms with E-state index in [0.29, 0.717) is 18.0 Å². The van der Waals surface area contributed by atoms with E-state index in [1.165, 1.54) is 25.8 Å². The Morgan fingerprint density at radius 2 is 1.62 bits per heavy atom. The second kappa shape index (κ2) is 4.66. The van der Waals surface area contributed by atoms with Crippen molar-refractivity contribution in [2.75, 3.05) is 6.54 Å². The minimum Gasteiger partial charge on any atom is -0.327 e. The maximum absolute atomic E-state index is 6.16. The summed E-state index contributed by atoms with van der Waals surface area (Å²) in [7, 11) is 0. The lowest BCUT2D eigenvalue weighted by molar-refractivity contribution is 0.0396. The zero-order valence-electron chi connectivity index (χ0n) is 11.3. The van der Waals surface area contributed by atoms with Crippen molar-refractivity contribution in [2.24, 2.45) is 23.5 Å². The van der Waals surface area contributed by atoms with E-state index in [9.17, 15) is 0 Å². The molecule has 0 spiro atoms. The fraction of sp³-hybridized carbons (Fsp3) is 1.00. The zero-order valence-corrected chi connectivity index (χ0v) is 11.3. The molecule has 1 heterocycles. The van der Waals surface area contributed by atoms with Crippen molar-refractivity contribution >= 4 is 0 Å². The number of piperidine rings is 1. The van der Waals surface area contributed by atoms with Crippen LogP contribution in [0.2, 0.25) is 0 Å². The van der Waals surface area contributed by atoms with Gasteiger partial charge >= 0.3 is 0 Å². The van der Waals surface area contributed by atoms with Gasteiger partial charge < -0.3 is 5.73 Å². The van der Waals surface area contributed by atoms with E-state index in [0.717, 1.165) is 17.9 Å². The fourth-order valence-corrected chi connectivity index (χ4v) is 3.70. The summed E-state index contributed by atoms with van der Waals surface area (Å²) in [6.45, 7) is 10.8. The summed E-state index contributed by atoms with van der Waals surface area (Å²) in [6.07, 6.45) is 3.99. The lowest BCUT2D eigenvalue weighted by atomic mass is 9.85. The Morgan fingerprint density at radius 3 is 2.19 bits per heavy atom. The van der Waals surface area contributed by atoms with Crippen LogP contribution >= 0.6 is 0 Å². The average molecular weight is 224 g/mol.